The predicted octanol–water partition coefficient (Wildman–Crippen LogP) is 4.18. The van der Waals surface area contributed by atoms with Gasteiger partial charge in [0, 0.05) is 13.0 Å². The standard InChI is InChI=1S/C19H24N2O3/c1-3-15-10-14(8-9-23-15)11-18(22)21-17-7-5-4-6-16(17)19-20-12-13(2)24-19/h4-7,12,14-15H,3,8-11H2,1-2H3,(H,21,22). The molecule has 1 amide bonds. The molecule has 1 saturated heterocycles. The van der Waals surface area contributed by atoms with E-state index in [0.717, 1.165) is 42.9 Å². The lowest BCUT2D eigenvalue weighted by Crippen LogP contribution is -2.28. The van der Waals surface area contributed by atoms with Crippen LogP contribution in [-0.4, -0.2) is 23.6 Å². The Hall–Kier alpha value is -2.14. The monoisotopic (exact) mass is 328 g/mol. The fourth-order valence-electron chi connectivity index (χ4n) is 3.15. The molecule has 1 aromatic carbocycles. The van der Waals surface area contributed by atoms with E-state index in [0.29, 0.717) is 24.3 Å². The van der Waals surface area contributed by atoms with E-state index in [2.05, 4.69) is 17.2 Å². The van der Waals surface area contributed by atoms with Gasteiger partial charge in [0.2, 0.25) is 11.8 Å². The Labute approximate surface area is 142 Å². The number of rotatable bonds is 5. The van der Waals surface area contributed by atoms with Crippen LogP contribution < -0.4 is 5.32 Å². The Morgan fingerprint density at radius 1 is 1.38 bits per heavy atom. The molecule has 1 N–H and O–H groups in total. The van der Waals surface area contributed by atoms with Gasteiger partial charge < -0.3 is 14.5 Å². The van der Waals surface area contributed by atoms with Crippen molar-refractivity contribution >= 4 is 11.6 Å². The number of para-hydroxylation sites is 1. The first-order valence-corrected chi connectivity index (χ1v) is 8.59. The summed E-state index contributed by atoms with van der Waals surface area (Å²) in [6.07, 6.45) is 5.41. The van der Waals surface area contributed by atoms with Gasteiger partial charge in [0.25, 0.3) is 0 Å². The second kappa shape index (κ2) is 7.62. The van der Waals surface area contributed by atoms with Gasteiger partial charge in [0.15, 0.2) is 0 Å². The van der Waals surface area contributed by atoms with Gasteiger partial charge in [-0.3, -0.25) is 4.79 Å². The third-order valence-corrected chi connectivity index (χ3v) is 4.46. The average Bonchev–Trinajstić information content (AvgIpc) is 3.01. The fourth-order valence-corrected chi connectivity index (χ4v) is 3.15. The number of oxazole rings is 1. The van der Waals surface area contributed by atoms with E-state index in [-0.39, 0.29) is 5.91 Å². The van der Waals surface area contributed by atoms with E-state index < -0.39 is 0 Å². The molecule has 24 heavy (non-hydrogen) atoms. The zero-order chi connectivity index (χ0) is 16.9. The Morgan fingerprint density at radius 3 is 2.96 bits per heavy atom. The van der Waals surface area contributed by atoms with Gasteiger partial charge in [-0.25, -0.2) is 4.98 Å². The Morgan fingerprint density at radius 2 is 2.21 bits per heavy atom. The van der Waals surface area contributed by atoms with Gasteiger partial charge in [-0.15, -0.1) is 0 Å². The Bertz CT molecular complexity index is 695. The van der Waals surface area contributed by atoms with Crippen LogP contribution in [0.2, 0.25) is 0 Å². The lowest BCUT2D eigenvalue weighted by atomic mass is 9.91. The normalized spacial score (nSPS) is 20.8. The quantitative estimate of drug-likeness (QED) is 0.894. The second-order valence-electron chi connectivity index (χ2n) is 6.37. The van der Waals surface area contributed by atoms with Crippen LogP contribution in [-0.2, 0) is 9.53 Å². The largest absolute Gasteiger partial charge is 0.441 e. The van der Waals surface area contributed by atoms with Crippen LogP contribution >= 0.6 is 0 Å². The summed E-state index contributed by atoms with van der Waals surface area (Å²) >= 11 is 0. The first-order valence-electron chi connectivity index (χ1n) is 8.59. The Balaban J connectivity index is 1.66. The highest BCUT2D eigenvalue weighted by molar-refractivity contribution is 5.94. The number of amides is 1. The zero-order valence-corrected chi connectivity index (χ0v) is 14.2. The van der Waals surface area contributed by atoms with Gasteiger partial charge in [-0.05, 0) is 44.2 Å². The first kappa shape index (κ1) is 16.7. The van der Waals surface area contributed by atoms with Crippen molar-refractivity contribution in [1.29, 1.82) is 0 Å². The van der Waals surface area contributed by atoms with Gasteiger partial charge >= 0.3 is 0 Å². The van der Waals surface area contributed by atoms with Crippen molar-refractivity contribution in [1.82, 2.24) is 4.98 Å². The summed E-state index contributed by atoms with van der Waals surface area (Å²) in [7, 11) is 0. The molecule has 0 bridgehead atoms. The minimum Gasteiger partial charge on any atom is -0.441 e. The summed E-state index contributed by atoms with van der Waals surface area (Å²) in [4.78, 5) is 16.7. The number of ether oxygens (including phenoxy) is 1. The zero-order valence-electron chi connectivity index (χ0n) is 14.2. The molecule has 128 valence electrons. The van der Waals surface area contributed by atoms with Crippen molar-refractivity contribution in [2.45, 2.75) is 45.6 Å². The molecule has 5 heteroatoms. The van der Waals surface area contributed by atoms with Crippen LogP contribution in [0.25, 0.3) is 11.5 Å². The van der Waals surface area contributed by atoms with Crippen molar-refractivity contribution in [3.8, 4) is 11.5 Å². The minimum absolute atomic E-state index is 0.0347. The van der Waals surface area contributed by atoms with Crippen LogP contribution in [0.5, 0.6) is 0 Å². The van der Waals surface area contributed by atoms with Crippen molar-refractivity contribution in [2.75, 3.05) is 11.9 Å². The highest BCUT2D eigenvalue weighted by Gasteiger charge is 2.24. The van der Waals surface area contributed by atoms with Crippen LogP contribution in [0.4, 0.5) is 5.69 Å². The molecule has 1 fully saturated rings. The molecule has 0 radical (unpaired) electrons. The molecular weight excluding hydrogens is 304 g/mol. The molecule has 0 aliphatic carbocycles. The number of nitrogens with zero attached hydrogens (tertiary/aromatic N) is 1. The highest BCUT2D eigenvalue weighted by atomic mass is 16.5. The van der Waals surface area contributed by atoms with Crippen molar-refractivity contribution in [2.24, 2.45) is 5.92 Å². The lowest BCUT2D eigenvalue weighted by molar-refractivity contribution is -0.118. The predicted molar refractivity (Wildman–Crippen MR) is 92.7 cm³/mol. The Kier molecular flexibility index (Phi) is 5.30. The summed E-state index contributed by atoms with van der Waals surface area (Å²) in [5, 5.41) is 3.02. The van der Waals surface area contributed by atoms with Crippen LogP contribution in [0.3, 0.4) is 0 Å². The topological polar surface area (TPSA) is 64.4 Å². The summed E-state index contributed by atoms with van der Waals surface area (Å²) in [5.41, 5.74) is 1.54. The molecule has 2 unspecified atom stereocenters. The van der Waals surface area contributed by atoms with Crippen molar-refractivity contribution in [3.05, 3.63) is 36.2 Å². The highest BCUT2D eigenvalue weighted by Crippen LogP contribution is 2.29. The summed E-state index contributed by atoms with van der Waals surface area (Å²) in [6, 6.07) is 7.60. The second-order valence-corrected chi connectivity index (χ2v) is 6.37. The number of nitrogens with one attached hydrogen (secondary N) is 1. The van der Waals surface area contributed by atoms with Gasteiger partial charge in [-0.2, -0.15) is 0 Å². The van der Waals surface area contributed by atoms with Crippen LogP contribution in [0.1, 0.15) is 38.4 Å². The van der Waals surface area contributed by atoms with E-state index in [1.54, 1.807) is 6.20 Å². The van der Waals surface area contributed by atoms with E-state index in [1.165, 1.54) is 0 Å². The average molecular weight is 328 g/mol. The summed E-state index contributed by atoms with van der Waals surface area (Å²) < 4.78 is 11.3. The van der Waals surface area contributed by atoms with Gasteiger partial charge in [0.05, 0.1) is 23.6 Å². The smallest absolute Gasteiger partial charge is 0.228 e. The molecule has 1 aliphatic heterocycles. The van der Waals surface area contributed by atoms with Gasteiger partial charge in [-0.1, -0.05) is 19.1 Å². The number of hydrogen-bond donors (Lipinski definition) is 1. The maximum absolute atomic E-state index is 12.5. The maximum atomic E-state index is 12.5. The molecule has 2 heterocycles. The third-order valence-electron chi connectivity index (χ3n) is 4.46. The summed E-state index contributed by atoms with van der Waals surface area (Å²) in [6.45, 7) is 4.73. The molecule has 2 atom stereocenters. The van der Waals surface area contributed by atoms with E-state index in [1.807, 2.05) is 31.2 Å². The molecule has 1 aromatic heterocycles. The molecule has 1 aliphatic rings. The number of benzene rings is 1. The van der Waals surface area contributed by atoms with Crippen LogP contribution in [0, 0.1) is 12.8 Å². The number of carbonyl (C=O) groups is 1. The number of carbonyl (C=O) groups excluding carboxylic acids is 1. The molecule has 0 saturated carbocycles. The molecule has 3 rings (SSSR count). The fraction of sp³-hybridized carbons (Fsp3) is 0.474. The van der Waals surface area contributed by atoms with E-state index >= 15 is 0 Å². The molecule has 2 aromatic rings. The number of aromatic nitrogens is 1. The number of aryl methyl sites for hydroxylation is 1. The maximum Gasteiger partial charge on any atom is 0.228 e. The molecule has 5 nitrogen and oxygen atoms in total. The SMILES string of the molecule is CCC1CC(CC(=O)Nc2ccccc2-c2ncc(C)o2)CCO1. The van der Waals surface area contributed by atoms with Gasteiger partial charge in [0.1, 0.15) is 5.76 Å². The van der Waals surface area contributed by atoms with E-state index in [9.17, 15) is 4.79 Å². The van der Waals surface area contributed by atoms with E-state index in [4.69, 9.17) is 9.15 Å². The molecule has 0 spiro atoms. The van der Waals surface area contributed by atoms with Crippen molar-refractivity contribution in [3.63, 3.8) is 0 Å². The third kappa shape index (κ3) is 4.03. The number of hydrogen-bond acceptors (Lipinski definition) is 4. The first-order chi connectivity index (χ1) is 11.7. The van der Waals surface area contributed by atoms with Crippen LogP contribution in [0.15, 0.2) is 34.9 Å². The van der Waals surface area contributed by atoms with Crippen molar-refractivity contribution < 1.29 is 13.9 Å². The lowest BCUT2D eigenvalue weighted by Gasteiger charge is -2.28. The number of anilines is 1. The minimum atomic E-state index is 0.0347. The summed E-state index contributed by atoms with van der Waals surface area (Å²) in [5.74, 6) is 1.70. The molecular formula is C19H24N2O3.